The van der Waals surface area contributed by atoms with Crippen molar-refractivity contribution in [3.05, 3.63) is 65.3 Å². The van der Waals surface area contributed by atoms with Crippen molar-refractivity contribution < 1.29 is 14.7 Å². The number of hydrogen-bond donors (Lipinski definition) is 1. The van der Waals surface area contributed by atoms with E-state index in [0.29, 0.717) is 12.8 Å². The van der Waals surface area contributed by atoms with E-state index >= 15 is 0 Å². The minimum absolute atomic E-state index is 0.00918. The van der Waals surface area contributed by atoms with Crippen molar-refractivity contribution in [1.29, 1.82) is 0 Å². The van der Waals surface area contributed by atoms with Gasteiger partial charge in [-0.25, -0.2) is 0 Å². The zero-order valence-electron chi connectivity index (χ0n) is 20.4. The molecule has 3 nitrogen and oxygen atoms in total. The van der Waals surface area contributed by atoms with Gasteiger partial charge < -0.3 is 5.11 Å². The summed E-state index contributed by atoms with van der Waals surface area (Å²) in [5.41, 5.74) is 1.71. The van der Waals surface area contributed by atoms with Gasteiger partial charge in [-0.2, -0.15) is 0 Å². The van der Waals surface area contributed by atoms with E-state index in [1.165, 1.54) is 5.57 Å². The molecule has 0 heterocycles. The fourth-order valence-corrected chi connectivity index (χ4v) is 6.82. The lowest BCUT2D eigenvalue weighted by molar-refractivity contribution is -0.164. The van der Waals surface area contributed by atoms with Gasteiger partial charge in [0.05, 0.1) is 5.41 Å². The second-order valence-corrected chi connectivity index (χ2v) is 9.88. The third-order valence-corrected chi connectivity index (χ3v) is 8.32. The topological polar surface area (TPSA) is 54.4 Å². The molecule has 0 spiro atoms. The molecule has 6 atom stereocenters. The molecule has 0 radical (unpaired) electrons. The van der Waals surface area contributed by atoms with Gasteiger partial charge in [0.2, 0.25) is 0 Å². The molecule has 2 aliphatic rings. The molecule has 1 N–H and O–H groups in total. The van der Waals surface area contributed by atoms with Gasteiger partial charge in [0.25, 0.3) is 0 Å². The molecule has 1 fully saturated rings. The Kier molecular flexibility index (Phi) is 6.97. The molecule has 0 saturated heterocycles. The summed E-state index contributed by atoms with van der Waals surface area (Å²) in [4.78, 5) is 26.3. The lowest BCUT2D eigenvalue weighted by Gasteiger charge is -2.53. The minimum Gasteiger partial charge on any atom is -0.481 e. The van der Waals surface area contributed by atoms with E-state index in [1.807, 2.05) is 39.0 Å². The smallest absolute Gasteiger partial charge is 0.311 e. The Balaban J connectivity index is 2.19. The summed E-state index contributed by atoms with van der Waals surface area (Å²) in [5, 5.41) is 10.7. The van der Waals surface area contributed by atoms with Crippen molar-refractivity contribution in [2.75, 3.05) is 0 Å². The predicted octanol–water partition coefficient (Wildman–Crippen LogP) is 6.96. The van der Waals surface area contributed by atoms with E-state index in [4.69, 9.17) is 0 Å². The van der Waals surface area contributed by atoms with Gasteiger partial charge in [-0.1, -0.05) is 100 Å². The Bertz CT molecular complexity index is 954. The summed E-state index contributed by atoms with van der Waals surface area (Å²) in [6.45, 7) is 12.3. The van der Waals surface area contributed by atoms with Crippen LogP contribution in [0.15, 0.2) is 59.7 Å². The number of hydrogen-bond acceptors (Lipinski definition) is 2. The van der Waals surface area contributed by atoms with Crippen LogP contribution in [-0.4, -0.2) is 16.9 Å². The SMILES string of the molecule is CCC(C=Cc1ccccc1)=C[C@@]1(C)C=C(C)[C@@H]2[C@H]([C@H](CC)C(=O)[C@H]2C)[C@@]1(CC)C(=O)O. The zero-order chi connectivity index (χ0) is 23.7. The van der Waals surface area contributed by atoms with E-state index in [0.717, 1.165) is 17.6 Å². The second-order valence-electron chi connectivity index (χ2n) is 9.88. The number of rotatable bonds is 7. The average Bonchev–Trinajstić information content (AvgIpc) is 3.02. The molecule has 3 heteroatoms. The number of carboxylic acid groups (broad SMARTS) is 1. The summed E-state index contributed by atoms with van der Waals surface area (Å²) < 4.78 is 0. The van der Waals surface area contributed by atoms with E-state index in [-0.39, 0.29) is 29.5 Å². The number of carboxylic acids is 1. The maximum atomic E-state index is 13.2. The van der Waals surface area contributed by atoms with Crippen LogP contribution in [-0.2, 0) is 9.59 Å². The summed E-state index contributed by atoms with van der Waals surface area (Å²) in [6.07, 6.45) is 10.5. The van der Waals surface area contributed by atoms with Crippen LogP contribution >= 0.6 is 0 Å². The lowest BCUT2D eigenvalue weighted by atomic mass is 9.48. The lowest BCUT2D eigenvalue weighted by Crippen LogP contribution is -2.55. The second kappa shape index (κ2) is 9.21. The van der Waals surface area contributed by atoms with Crippen LogP contribution < -0.4 is 0 Å². The molecule has 0 bridgehead atoms. The average molecular weight is 435 g/mol. The first-order chi connectivity index (χ1) is 15.2. The van der Waals surface area contributed by atoms with Crippen molar-refractivity contribution in [1.82, 2.24) is 0 Å². The first-order valence-electron chi connectivity index (χ1n) is 12.1. The Labute approximate surface area is 193 Å². The maximum absolute atomic E-state index is 13.2. The molecule has 2 aliphatic carbocycles. The molecule has 0 aromatic heterocycles. The molecule has 1 saturated carbocycles. The number of benzene rings is 1. The normalized spacial score (nSPS) is 35.1. The first-order valence-corrected chi connectivity index (χ1v) is 12.1. The maximum Gasteiger partial charge on any atom is 0.311 e. The van der Waals surface area contributed by atoms with Crippen LogP contribution in [0.5, 0.6) is 0 Å². The Morgan fingerprint density at radius 2 is 1.81 bits per heavy atom. The van der Waals surface area contributed by atoms with Gasteiger partial charge in [-0.15, -0.1) is 0 Å². The van der Waals surface area contributed by atoms with Crippen molar-refractivity contribution >= 4 is 17.8 Å². The molecule has 1 aromatic carbocycles. The fourth-order valence-electron chi connectivity index (χ4n) is 6.82. The summed E-state index contributed by atoms with van der Waals surface area (Å²) in [6, 6.07) is 10.1. The van der Waals surface area contributed by atoms with Gasteiger partial charge in [-0.05, 0) is 43.6 Å². The molecular weight excluding hydrogens is 396 g/mol. The van der Waals surface area contributed by atoms with E-state index < -0.39 is 16.8 Å². The van der Waals surface area contributed by atoms with Crippen LogP contribution in [0.2, 0.25) is 0 Å². The standard InChI is InChI=1S/C29H38O3/c1-7-21(15-16-22-13-11-10-12-14-22)18-28(6)17-19(4)24-20(5)26(30)23(8-2)25(24)29(28,9-3)27(31)32/h10-18,20,23-25H,7-9H2,1-6H3,(H,31,32)/t20-,23-,24-,25-,28+,29-/m0/s1. The number of allylic oxidation sites excluding steroid dienone is 5. The third kappa shape index (κ3) is 3.70. The van der Waals surface area contributed by atoms with E-state index in [2.05, 4.69) is 57.2 Å². The molecule has 0 unspecified atom stereocenters. The van der Waals surface area contributed by atoms with Gasteiger partial charge in [0.15, 0.2) is 0 Å². The van der Waals surface area contributed by atoms with E-state index in [1.54, 1.807) is 0 Å². The quantitative estimate of drug-likeness (QED) is 0.373. The molecule has 172 valence electrons. The summed E-state index contributed by atoms with van der Waals surface area (Å²) in [5.74, 6) is -1.03. The largest absolute Gasteiger partial charge is 0.481 e. The molecule has 3 rings (SSSR count). The van der Waals surface area contributed by atoms with Crippen LogP contribution in [0.3, 0.4) is 0 Å². The van der Waals surface area contributed by atoms with Crippen LogP contribution in [0, 0.1) is 34.5 Å². The highest BCUT2D eigenvalue weighted by atomic mass is 16.4. The van der Waals surface area contributed by atoms with Crippen molar-refractivity contribution in [3.8, 4) is 0 Å². The van der Waals surface area contributed by atoms with E-state index in [9.17, 15) is 14.7 Å². The highest BCUT2D eigenvalue weighted by Gasteiger charge is 2.66. The van der Waals surface area contributed by atoms with Gasteiger partial charge in [0, 0.05) is 17.3 Å². The Morgan fingerprint density at radius 3 is 2.34 bits per heavy atom. The summed E-state index contributed by atoms with van der Waals surface area (Å²) in [7, 11) is 0. The number of Topliss-reactive ketones (excluding diaryl/α,β-unsaturated/α-hetero) is 1. The number of ketones is 1. The van der Waals surface area contributed by atoms with Crippen molar-refractivity contribution in [2.24, 2.45) is 34.5 Å². The molecular formula is C29H38O3. The number of aliphatic carboxylic acids is 1. The van der Waals surface area contributed by atoms with Crippen molar-refractivity contribution in [3.63, 3.8) is 0 Å². The van der Waals surface area contributed by atoms with Crippen LogP contribution in [0.25, 0.3) is 6.08 Å². The first kappa shape index (κ1) is 24.2. The molecule has 32 heavy (non-hydrogen) atoms. The Hall–Kier alpha value is -2.42. The number of carbonyl (C=O) groups is 2. The molecule has 0 aliphatic heterocycles. The number of carbonyl (C=O) groups excluding carboxylic acids is 1. The van der Waals surface area contributed by atoms with Gasteiger partial charge in [0.1, 0.15) is 5.78 Å². The summed E-state index contributed by atoms with van der Waals surface area (Å²) >= 11 is 0. The number of fused-ring (bicyclic) bond motifs is 1. The highest BCUT2D eigenvalue weighted by Crippen LogP contribution is 2.64. The van der Waals surface area contributed by atoms with Gasteiger partial charge in [-0.3, -0.25) is 9.59 Å². The molecule has 0 amide bonds. The third-order valence-electron chi connectivity index (χ3n) is 8.32. The predicted molar refractivity (Wildman–Crippen MR) is 131 cm³/mol. The van der Waals surface area contributed by atoms with Gasteiger partial charge >= 0.3 is 5.97 Å². The fraction of sp³-hybridized carbons (Fsp3) is 0.517. The molecule has 1 aromatic rings. The van der Waals surface area contributed by atoms with Crippen molar-refractivity contribution in [2.45, 2.75) is 60.8 Å². The van der Waals surface area contributed by atoms with Crippen LogP contribution in [0.4, 0.5) is 0 Å². The Morgan fingerprint density at radius 1 is 1.16 bits per heavy atom. The zero-order valence-corrected chi connectivity index (χ0v) is 20.4. The monoisotopic (exact) mass is 434 g/mol. The highest BCUT2D eigenvalue weighted by molar-refractivity contribution is 5.89. The minimum atomic E-state index is -1.01. The van der Waals surface area contributed by atoms with Crippen LogP contribution in [0.1, 0.15) is 66.4 Å².